The second-order valence-electron chi connectivity index (χ2n) is 8.41. The van der Waals surface area contributed by atoms with E-state index in [4.69, 9.17) is 0 Å². The molecule has 7 heteroatoms. The molecule has 31 heavy (non-hydrogen) atoms. The standard InChI is InChI=1S/C24H24FN5O/c1-24(2,3)21-15-22(30(28-21)20-11-9-19(25)10-12-20)27-23(31)18-7-5-17(6-8-18)16-29-14-4-13-26-29/h4-15H,16H2,1-3H3,(H,27,31). The van der Waals surface area contributed by atoms with Crippen LogP contribution in [0.25, 0.3) is 5.69 Å². The Morgan fingerprint density at radius 1 is 1.06 bits per heavy atom. The minimum Gasteiger partial charge on any atom is -0.306 e. The Kier molecular flexibility index (Phi) is 5.42. The van der Waals surface area contributed by atoms with Gasteiger partial charge in [-0.15, -0.1) is 0 Å². The number of carbonyl (C=O) groups is 1. The largest absolute Gasteiger partial charge is 0.306 e. The molecule has 2 heterocycles. The smallest absolute Gasteiger partial charge is 0.256 e. The lowest BCUT2D eigenvalue weighted by Gasteiger charge is -2.14. The van der Waals surface area contributed by atoms with E-state index in [0.29, 0.717) is 23.6 Å². The van der Waals surface area contributed by atoms with Crippen molar-refractivity contribution in [2.24, 2.45) is 0 Å². The van der Waals surface area contributed by atoms with Gasteiger partial charge in [0.1, 0.15) is 11.6 Å². The monoisotopic (exact) mass is 417 g/mol. The number of rotatable bonds is 5. The number of nitrogens with one attached hydrogen (secondary N) is 1. The maximum Gasteiger partial charge on any atom is 0.256 e. The number of anilines is 1. The normalized spacial score (nSPS) is 11.5. The van der Waals surface area contributed by atoms with Crippen LogP contribution in [0.1, 0.15) is 42.4 Å². The maximum absolute atomic E-state index is 13.4. The molecule has 0 saturated carbocycles. The van der Waals surface area contributed by atoms with Gasteiger partial charge in [-0.25, -0.2) is 9.07 Å². The average molecular weight is 417 g/mol. The number of hydrogen-bond donors (Lipinski definition) is 1. The minimum absolute atomic E-state index is 0.209. The highest BCUT2D eigenvalue weighted by molar-refractivity contribution is 6.04. The summed E-state index contributed by atoms with van der Waals surface area (Å²) in [6.07, 6.45) is 3.63. The molecule has 0 fully saturated rings. The topological polar surface area (TPSA) is 64.7 Å². The van der Waals surface area contributed by atoms with Crippen LogP contribution in [0, 0.1) is 5.82 Å². The fraction of sp³-hybridized carbons (Fsp3) is 0.208. The summed E-state index contributed by atoms with van der Waals surface area (Å²) in [4.78, 5) is 12.9. The fourth-order valence-corrected chi connectivity index (χ4v) is 3.15. The van der Waals surface area contributed by atoms with E-state index in [-0.39, 0.29) is 17.1 Å². The first-order chi connectivity index (χ1) is 14.8. The third kappa shape index (κ3) is 4.71. The summed E-state index contributed by atoms with van der Waals surface area (Å²) >= 11 is 0. The summed E-state index contributed by atoms with van der Waals surface area (Å²) in [7, 11) is 0. The maximum atomic E-state index is 13.4. The van der Waals surface area contributed by atoms with Crippen molar-refractivity contribution in [3.63, 3.8) is 0 Å². The van der Waals surface area contributed by atoms with Gasteiger partial charge in [-0.05, 0) is 48.0 Å². The highest BCUT2D eigenvalue weighted by atomic mass is 19.1. The van der Waals surface area contributed by atoms with Crippen LogP contribution in [0.2, 0.25) is 0 Å². The molecule has 0 unspecified atom stereocenters. The number of aromatic nitrogens is 4. The van der Waals surface area contributed by atoms with Crippen molar-refractivity contribution in [1.82, 2.24) is 19.6 Å². The second kappa shape index (κ2) is 8.18. The molecule has 4 aromatic rings. The minimum atomic E-state index is -0.326. The molecule has 0 bridgehead atoms. The Balaban J connectivity index is 1.58. The molecule has 0 aliphatic heterocycles. The van der Waals surface area contributed by atoms with Crippen LogP contribution < -0.4 is 5.32 Å². The summed E-state index contributed by atoms with van der Waals surface area (Å²) in [5.41, 5.74) is 2.86. The first-order valence-electron chi connectivity index (χ1n) is 10.0. The molecular weight excluding hydrogens is 393 g/mol. The van der Waals surface area contributed by atoms with Crippen molar-refractivity contribution in [2.45, 2.75) is 32.7 Å². The summed E-state index contributed by atoms with van der Waals surface area (Å²) < 4.78 is 16.8. The molecule has 1 amide bonds. The zero-order chi connectivity index (χ0) is 22.0. The van der Waals surface area contributed by atoms with Gasteiger partial charge in [0.2, 0.25) is 0 Å². The van der Waals surface area contributed by atoms with Crippen molar-refractivity contribution in [3.8, 4) is 5.69 Å². The molecule has 0 aliphatic rings. The number of nitrogens with zero attached hydrogens (tertiary/aromatic N) is 4. The average Bonchev–Trinajstić information content (AvgIpc) is 3.39. The number of carbonyl (C=O) groups excluding carboxylic acids is 1. The second-order valence-corrected chi connectivity index (χ2v) is 8.41. The van der Waals surface area contributed by atoms with Crippen molar-refractivity contribution < 1.29 is 9.18 Å². The van der Waals surface area contributed by atoms with Gasteiger partial charge in [0.15, 0.2) is 0 Å². The molecule has 2 aromatic carbocycles. The zero-order valence-electron chi connectivity index (χ0n) is 17.7. The first-order valence-corrected chi connectivity index (χ1v) is 10.0. The SMILES string of the molecule is CC(C)(C)c1cc(NC(=O)c2ccc(Cn3cccn3)cc2)n(-c2ccc(F)cc2)n1. The van der Waals surface area contributed by atoms with Crippen LogP contribution in [-0.4, -0.2) is 25.5 Å². The summed E-state index contributed by atoms with van der Waals surface area (Å²) in [5.74, 6) is -0.0377. The van der Waals surface area contributed by atoms with Gasteiger partial charge in [-0.1, -0.05) is 32.9 Å². The van der Waals surface area contributed by atoms with Gasteiger partial charge < -0.3 is 5.32 Å². The van der Waals surface area contributed by atoms with E-state index in [2.05, 4.69) is 15.5 Å². The predicted octanol–water partition coefficient (Wildman–Crippen LogP) is 4.81. The number of hydrogen-bond acceptors (Lipinski definition) is 3. The Labute approximate surface area is 180 Å². The van der Waals surface area contributed by atoms with Gasteiger partial charge >= 0.3 is 0 Å². The Hall–Kier alpha value is -3.74. The molecule has 2 aromatic heterocycles. The van der Waals surface area contributed by atoms with E-state index in [0.717, 1.165) is 11.3 Å². The molecule has 0 spiro atoms. The Morgan fingerprint density at radius 2 is 1.77 bits per heavy atom. The van der Waals surface area contributed by atoms with E-state index in [1.54, 1.807) is 35.1 Å². The van der Waals surface area contributed by atoms with Gasteiger partial charge in [0.25, 0.3) is 5.91 Å². The van der Waals surface area contributed by atoms with Crippen LogP contribution in [-0.2, 0) is 12.0 Å². The molecule has 1 N–H and O–H groups in total. The fourth-order valence-electron chi connectivity index (χ4n) is 3.15. The van der Waals surface area contributed by atoms with Gasteiger partial charge in [-0.3, -0.25) is 9.48 Å². The molecule has 0 saturated heterocycles. The predicted molar refractivity (Wildman–Crippen MR) is 118 cm³/mol. The van der Waals surface area contributed by atoms with Crippen molar-refractivity contribution in [2.75, 3.05) is 5.32 Å². The van der Waals surface area contributed by atoms with Crippen LogP contribution >= 0.6 is 0 Å². The third-order valence-electron chi connectivity index (χ3n) is 4.91. The zero-order valence-corrected chi connectivity index (χ0v) is 17.7. The van der Waals surface area contributed by atoms with E-state index < -0.39 is 0 Å². The van der Waals surface area contributed by atoms with E-state index in [1.165, 1.54) is 12.1 Å². The van der Waals surface area contributed by atoms with Crippen LogP contribution in [0.3, 0.4) is 0 Å². The summed E-state index contributed by atoms with van der Waals surface area (Å²) in [6, 6.07) is 17.1. The molecule has 0 aliphatic carbocycles. The number of amides is 1. The number of halogens is 1. The highest BCUT2D eigenvalue weighted by Gasteiger charge is 2.22. The van der Waals surface area contributed by atoms with Crippen molar-refractivity contribution >= 4 is 11.7 Å². The highest BCUT2D eigenvalue weighted by Crippen LogP contribution is 2.26. The lowest BCUT2D eigenvalue weighted by atomic mass is 9.92. The quantitative estimate of drug-likeness (QED) is 0.507. The lowest BCUT2D eigenvalue weighted by Crippen LogP contribution is -2.15. The molecule has 4 rings (SSSR count). The van der Waals surface area contributed by atoms with E-state index in [1.807, 2.05) is 55.9 Å². The van der Waals surface area contributed by atoms with Gasteiger partial charge in [0, 0.05) is 29.4 Å². The summed E-state index contributed by atoms with van der Waals surface area (Å²) in [6.45, 7) is 6.79. The van der Waals surface area contributed by atoms with Crippen LogP contribution in [0.15, 0.2) is 73.1 Å². The van der Waals surface area contributed by atoms with Gasteiger partial charge in [-0.2, -0.15) is 10.2 Å². The van der Waals surface area contributed by atoms with Crippen LogP contribution in [0.4, 0.5) is 10.2 Å². The molecular formula is C24H24FN5O. The molecule has 0 atom stereocenters. The molecule has 6 nitrogen and oxygen atoms in total. The van der Waals surface area contributed by atoms with Crippen molar-refractivity contribution in [1.29, 1.82) is 0 Å². The van der Waals surface area contributed by atoms with Gasteiger partial charge in [0.05, 0.1) is 17.9 Å². The third-order valence-corrected chi connectivity index (χ3v) is 4.91. The number of benzene rings is 2. The van der Waals surface area contributed by atoms with Crippen LogP contribution in [0.5, 0.6) is 0 Å². The molecule has 158 valence electrons. The Morgan fingerprint density at radius 3 is 2.39 bits per heavy atom. The first kappa shape index (κ1) is 20.5. The van der Waals surface area contributed by atoms with Crippen molar-refractivity contribution in [3.05, 3.63) is 95.7 Å². The lowest BCUT2D eigenvalue weighted by molar-refractivity contribution is 0.102. The van der Waals surface area contributed by atoms with E-state index in [9.17, 15) is 9.18 Å². The van der Waals surface area contributed by atoms with E-state index >= 15 is 0 Å². The molecule has 0 radical (unpaired) electrons. The Bertz CT molecular complexity index is 1170. The summed E-state index contributed by atoms with van der Waals surface area (Å²) in [5, 5.41) is 11.8.